The van der Waals surface area contributed by atoms with Gasteiger partial charge in [-0.2, -0.15) is 0 Å². The molecule has 0 aliphatic rings. The molecule has 0 spiro atoms. The van der Waals surface area contributed by atoms with E-state index in [1.54, 1.807) is 14.2 Å². The maximum Gasteiger partial charge on any atom is 0.197 e. The van der Waals surface area contributed by atoms with E-state index in [0.29, 0.717) is 16.6 Å². The molecule has 6 heteroatoms. The molecule has 0 bridgehead atoms. The topological polar surface area (TPSA) is 69.4 Å². The third kappa shape index (κ3) is 2.12. The van der Waals surface area contributed by atoms with Gasteiger partial charge in [0.15, 0.2) is 16.6 Å². The normalized spacial score (nSPS) is 10.2. The van der Waals surface area contributed by atoms with Gasteiger partial charge < -0.3 is 9.47 Å². The second kappa shape index (κ2) is 5.24. The second-order valence-electron chi connectivity index (χ2n) is 3.62. The molecule has 0 saturated carbocycles. The van der Waals surface area contributed by atoms with Gasteiger partial charge in [-0.25, -0.2) is 10.8 Å². The van der Waals surface area contributed by atoms with Crippen LogP contribution in [0.5, 0.6) is 11.5 Å². The monoisotopic (exact) mass is 265 g/mol. The van der Waals surface area contributed by atoms with E-state index in [9.17, 15) is 0 Å². The predicted octanol–water partition coefficient (Wildman–Crippen LogP) is 2.42. The Bertz CT molecular complexity index is 554. The lowest BCUT2D eigenvalue weighted by Gasteiger charge is -2.11. The molecule has 5 nitrogen and oxygen atoms in total. The van der Waals surface area contributed by atoms with Gasteiger partial charge in [0.05, 0.1) is 24.8 Å². The highest BCUT2D eigenvalue weighted by molar-refractivity contribution is 7.19. The molecule has 0 saturated heterocycles. The van der Waals surface area contributed by atoms with E-state index in [0.717, 1.165) is 16.1 Å². The number of hydrazine groups is 1. The Morgan fingerprint density at radius 1 is 1.28 bits per heavy atom. The number of nitrogens with zero attached hydrogens (tertiary/aromatic N) is 1. The molecule has 2 aromatic rings. The van der Waals surface area contributed by atoms with Crippen molar-refractivity contribution >= 4 is 16.5 Å². The van der Waals surface area contributed by atoms with E-state index in [1.807, 2.05) is 25.1 Å². The fourth-order valence-corrected chi connectivity index (χ4v) is 2.67. The second-order valence-corrected chi connectivity index (χ2v) is 4.62. The van der Waals surface area contributed by atoms with E-state index in [-0.39, 0.29) is 0 Å². The molecule has 0 unspecified atom stereocenters. The van der Waals surface area contributed by atoms with Crippen LogP contribution in [0.25, 0.3) is 10.4 Å². The first kappa shape index (κ1) is 12.7. The number of nitrogen functional groups attached to an aromatic ring is 1. The van der Waals surface area contributed by atoms with Crippen molar-refractivity contribution in [2.75, 3.05) is 19.6 Å². The fourth-order valence-electron chi connectivity index (χ4n) is 1.77. The van der Waals surface area contributed by atoms with Crippen LogP contribution < -0.4 is 20.7 Å². The van der Waals surface area contributed by atoms with E-state index < -0.39 is 0 Å². The van der Waals surface area contributed by atoms with Crippen molar-refractivity contribution in [3.05, 3.63) is 23.9 Å². The van der Waals surface area contributed by atoms with Crippen molar-refractivity contribution in [1.82, 2.24) is 4.98 Å². The Morgan fingerprint density at radius 3 is 2.61 bits per heavy atom. The van der Waals surface area contributed by atoms with Crippen LogP contribution in [0.15, 0.2) is 18.2 Å². The van der Waals surface area contributed by atoms with Crippen LogP contribution in [0.2, 0.25) is 0 Å². The summed E-state index contributed by atoms with van der Waals surface area (Å²) in [5.74, 6) is 6.78. The number of nitrogens with one attached hydrogen (secondary N) is 1. The lowest BCUT2D eigenvalue weighted by atomic mass is 10.1. The van der Waals surface area contributed by atoms with Crippen molar-refractivity contribution in [3.8, 4) is 21.9 Å². The highest BCUT2D eigenvalue weighted by Crippen LogP contribution is 2.42. The Balaban J connectivity index is 2.59. The summed E-state index contributed by atoms with van der Waals surface area (Å²) < 4.78 is 10.7. The molecule has 0 aliphatic heterocycles. The van der Waals surface area contributed by atoms with Gasteiger partial charge in [0.25, 0.3) is 0 Å². The molecule has 18 heavy (non-hydrogen) atoms. The fraction of sp³-hybridized carbons (Fsp3) is 0.250. The molecule has 1 heterocycles. The molecule has 1 aromatic carbocycles. The molecular weight excluding hydrogens is 250 g/mol. The van der Waals surface area contributed by atoms with Crippen LogP contribution >= 0.6 is 11.3 Å². The first-order valence-corrected chi connectivity index (χ1v) is 6.18. The summed E-state index contributed by atoms with van der Waals surface area (Å²) in [6.45, 7) is 1.94. The van der Waals surface area contributed by atoms with Gasteiger partial charge in [0.1, 0.15) is 0 Å². The first-order valence-electron chi connectivity index (χ1n) is 5.36. The number of aryl methyl sites for hydroxylation is 1. The molecular formula is C12H15N3O2S. The van der Waals surface area contributed by atoms with E-state index in [4.69, 9.17) is 15.3 Å². The van der Waals surface area contributed by atoms with Gasteiger partial charge in [0, 0.05) is 5.56 Å². The van der Waals surface area contributed by atoms with Crippen LogP contribution in [0.1, 0.15) is 5.69 Å². The first-order chi connectivity index (χ1) is 8.71. The number of benzene rings is 1. The van der Waals surface area contributed by atoms with Crippen LogP contribution in [0.4, 0.5) is 5.13 Å². The highest BCUT2D eigenvalue weighted by atomic mass is 32.1. The van der Waals surface area contributed by atoms with Crippen molar-refractivity contribution in [2.45, 2.75) is 6.92 Å². The predicted molar refractivity (Wildman–Crippen MR) is 73.2 cm³/mol. The van der Waals surface area contributed by atoms with E-state index in [1.165, 1.54) is 11.3 Å². The number of ether oxygens (including phenoxy) is 2. The van der Waals surface area contributed by atoms with Crippen LogP contribution in [0.3, 0.4) is 0 Å². The minimum absolute atomic E-state index is 0.673. The molecule has 2 rings (SSSR count). The largest absolute Gasteiger partial charge is 0.493 e. The minimum atomic E-state index is 0.673. The SMILES string of the molecule is COc1cccc(-c2sc(NN)nc2C)c1OC. The maximum absolute atomic E-state index is 5.42. The Labute approximate surface area is 110 Å². The zero-order chi connectivity index (χ0) is 13.1. The Morgan fingerprint density at radius 2 is 2.06 bits per heavy atom. The standard InChI is InChI=1S/C12H15N3O2S/c1-7-11(18-12(14-7)15-13)8-5-4-6-9(16-2)10(8)17-3/h4-6H,13H2,1-3H3,(H,14,15). The third-order valence-electron chi connectivity index (χ3n) is 2.57. The van der Waals surface area contributed by atoms with Gasteiger partial charge >= 0.3 is 0 Å². The number of para-hydroxylation sites is 1. The van der Waals surface area contributed by atoms with Crippen LogP contribution in [-0.2, 0) is 0 Å². The Hall–Kier alpha value is -1.79. The van der Waals surface area contributed by atoms with E-state index in [2.05, 4.69) is 10.4 Å². The van der Waals surface area contributed by atoms with Crippen molar-refractivity contribution in [3.63, 3.8) is 0 Å². The summed E-state index contributed by atoms with van der Waals surface area (Å²) in [5.41, 5.74) is 4.41. The summed E-state index contributed by atoms with van der Waals surface area (Å²) in [6.07, 6.45) is 0. The number of hydrogen-bond acceptors (Lipinski definition) is 6. The van der Waals surface area contributed by atoms with Crippen LogP contribution in [0, 0.1) is 6.92 Å². The summed E-state index contributed by atoms with van der Waals surface area (Å²) in [5, 5.41) is 0.673. The Kier molecular flexibility index (Phi) is 3.69. The van der Waals surface area contributed by atoms with Gasteiger partial charge in [-0.3, -0.25) is 5.43 Å². The molecule has 0 atom stereocenters. The van der Waals surface area contributed by atoms with Crippen molar-refractivity contribution in [2.24, 2.45) is 5.84 Å². The summed E-state index contributed by atoms with van der Waals surface area (Å²) >= 11 is 1.48. The number of anilines is 1. The number of rotatable bonds is 4. The lowest BCUT2D eigenvalue weighted by Crippen LogP contribution is -2.05. The maximum atomic E-state index is 5.42. The number of nitrogens with two attached hydrogens (primary N) is 1. The summed E-state index contributed by atoms with van der Waals surface area (Å²) in [7, 11) is 3.24. The van der Waals surface area contributed by atoms with E-state index >= 15 is 0 Å². The molecule has 0 radical (unpaired) electrons. The lowest BCUT2D eigenvalue weighted by molar-refractivity contribution is 0.356. The molecule has 1 aromatic heterocycles. The smallest absolute Gasteiger partial charge is 0.197 e. The zero-order valence-electron chi connectivity index (χ0n) is 10.5. The van der Waals surface area contributed by atoms with Gasteiger partial charge in [-0.15, -0.1) is 0 Å². The van der Waals surface area contributed by atoms with Gasteiger partial charge in [0.2, 0.25) is 0 Å². The molecule has 96 valence electrons. The zero-order valence-corrected chi connectivity index (χ0v) is 11.3. The summed E-state index contributed by atoms with van der Waals surface area (Å²) in [6, 6.07) is 5.76. The number of thiazole rings is 1. The quantitative estimate of drug-likeness (QED) is 0.656. The summed E-state index contributed by atoms with van der Waals surface area (Å²) in [4.78, 5) is 5.34. The number of aromatic nitrogens is 1. The minimum Gasteiger partial charge on any atom is -0.493 e. The van der Waals surface area contributed by atoms with Crippen LogP contribution in [-0.4, -0.2) is 19.2 Å². The third-order valence-corrected chi connectivity index (χ3v) is 3.69. The molecule has 0 fully saturated rings. The average Bonchev–Trinajstić information content (AvgIpc) is 2.78. The van der Waals surface area contributed by atoms with Crippen molar-refractivity contribution in [1.29, 1.82) is 0 Å². The highest BCUT2D eigenvalue weighted by Gasteiger charge is 2.16. The number of methoxy groups -OCH3 is 2. The molecule has 0 aliphatic carbocycles. The molecule has 0 amide bonds. The van der Waals surface area contributed by atoms with Gasteiger partial charge in [-0.05, 0) is 19.1 Å². The van der Waals surface area contributed by atoms with Gasteiger partial charge in [-0.1, -0.05) is 17.4 Å². The molecule has 3 N–H and O–H groups in total. The van der Waals surface area contributed by atoms with Crippen molar-refractivity contribution < 1.29 is 9.47 Å². The average molecular weight is 265 g/mol. The number of hydrogen-bond donors (Lipinski definition) is 2.